The highest BCUT2D eigenvalue weighted by molar-refractivity contribution is 7.18. The number of aromatic carboxylic acids is 1. The molecule has 0 aliphatic rings. The minimum Gasteiger partial charge on any atom is -0.491 e. The third kappa shape index (κ3) is 5.10. The van der Waals surface area contributed by atoms with Gasteiger partial charge in [0.05, 0.1) is 45.0 Å². The number of hydrogen-bond acceptors (Lipinski definition) is 8. The van der Waals surface area contributed by atoms with Crippen LogP contribution in [0.3, 0.4) is 0 Å². The molecule has 13 heteroatoms. The maximum Gasteiger partial charge on any atom is 0.338 e. The highest BCUT2D eigenvalue weighted by Gasteiger charge is 2.32. The number of nitriles is 1. The molecule has 0 aliphatic heterocycles. The lowest BCUT2D eigenvalue weighted by molar-refractivity contribution is 0.0126. The second kappa shape index (κ2) is 10.5. The van der Waals surface area contributed by atoms with E-state index in [1.165, 1.54) is 21.3 Å². The number of aryl methyl sites for hydroxylation is 2. The molecule has 208 valence electrons. The molecule has 4 heterocycles. The Kier molecular flexibility index (Phi) is 7.19. The zero-order valence-electron chi connectivity index (χ0n) is 21.8. The number of thiophene rings is 1. The highest BCUT2D eigenvalue weighted by Crippen LogP contribution is 2.40. The summed E-state index contributed by atoms with van der Waals surface area (Å²) in [7, 11) is 0. The molecule has 0 radical (unpaired) electrons. The lowest BCUT2D eigenvalue weighted by atomic mass is 10.0. The summed E-state index contributed by atoms with van der Waals surface area (Å²) in [4.78, 5) is 37.5. The molecule has 0 aliphatic carbocycles. The van der Waals surface area contributed by atoms with Crippen LogP contribution in [0.4, 0.5) is 8.78 Å². The van der Waals surface area contributed by atoms with E-state index in [2.05, 4.69) is 15.0 Å². The largest absolute Gasteiger partial charge is 0.491 e. The number of nitrogens with zero attached hydrogens (tertiary/aromatic N) is 5. The maximum atomic E-state index is 14.1. The van der Waals surface area contributed by atoms with Crippen LogP contribution in [0.1, 0.15) is 40.1 Å². The number of aromatic nitrogens is 4. The minimum absolute atomic E-state index is 0.00629. The van der Waals surface area contributed by atoms with Crippen molar-refractivity contribution in [2.45, 2.75) is 33.2 Å². The predicted octanol–water partition coefficient (Wildman–Crippen LogP) is 6.10. The number of ether oxygens (including phenoxy) is 1. The molecule has 9 nitrogen and oxygen atoms in total. The van der Waals surface area contributed by atoms with Gasteiger partial charge >= 0.3 is 5.97 Å². The van der Waals surface area contributed by atoms with Gasteiger partial charge < -0.3 is 9.84 Å². The summed E-state index contributed by atoms with van der Waals surface area (Å²) in [6.45, 7) is 3.91. The van der Waals surface area contributed by atoms with E-state index in [0.717, 1.165) is 6.20 Å². The van der Waals surface area contributed by atoms with Crippen molar-refractivity contribution in [1.29, 1.82) is 5.26 Å². The van der Waals surface area contributed by atoms with Crippen LogP contribution < -0.4 is 10.3 Å². The molecule has 5 aromatic rings. The van der Waals surface area contributed by atoms with Crippen LogP contribution in [-0.4, -0.2) is 37.2 Å². The highest BCUT2D eigenvalue weighted by atomic mass is 35.5. The molecule has 5 rings (SSSR count). The smallest absolute Gasteiger partial charge is 0.338 e. The first-order chi connectivity index (χ1) is 19.4. The molecule has 1 N–H and O–H groups in total. The zero-order chi connectivity index (χ0) is 29.6. The average Bonchev–Trinajstić information content (AvgIpc) is 3.33. The van der Waals surface area contributed by atoms with Gasteiger partial charge in [-0.1, -0.05) is 11.6 Å². The number of halogens is 3. The van der Waals surface area contributed by atoms with E-state index in [9.17, 15) is 28.7 Å². The number of hydrogen-bond donors (Lipinski definition) is 1. The van der Waals surface area contributed by atoms with E-state index in [-0.39, 0.29) is 35.4 Å². The van der Waals surface area contributed by atoms with Gasteiger partial charge in [-0.15, -0.1) is 11.3 Å². The van der Waals surface area contributed by atoms with Crippen LogP contribution in [-0.2, 0) is 12.5 Å². The first kappa shape index (κ1) is 28.1. The Morgan fingerprint density at radius 1 is 1.24 bits per heavy atom. The molecule has 1 aromatic carbocycles. The monoisotopic (exact) mass is 595 g/mol. The minimum atomic E-state index is -3.43. The molecule has 0 unspecified atom stereocenters. The summed E-state index contributed by atoms with van der Waals surface area (Å²) in [6, 6.07) is 8.49. The van der Waals surface area contributed by atoms with Gasteiger partial charge in [0.2, 0.25) is 0 Å². The number of pyridine rings is 2. The number of fused-ring (bicyclic) bond motifs is 2. The van der Waals surface area contributed by atoms with Crippen LogP contribution >= 0.6 is 22.9 Å². The Hall–Kier alpha value is -4.47. The van der Waals surface area contributed by atoms with Gasteiger partial charge in [-0.3, -0.25) is 19.3 Å². The van der Waals surface area contributed by atoms with Gasteiger partial charge in [-0.05, 0) is 38.1 Å². The standard InChI is InChI=1S/C28H20ClF2N5O4S/c1-13-8-17(24-23(34-13)19(12-41-24)27(38)39)16-9-15(29)4-5-21(16)40-7-6-36-14(2)35-20-11-33-25(28(3,30)31)18(10-32)22(20)26(36)37/h4-5,8-9,11-12H,6-7H2,1-3H3,(H,38,39). The van der Waals surface area contributed by atoms with Gasteiger partial charge in [-0.25, -0.2) is 9.78 Å². The molecular weight excluding hydrogens is 576 g/mol. The summed E-state index contributed by atoms with van der Waals surface area (Å²) < 4.78 is 36.2. The van der Waals surface area contributed by atoms with Crippen LogP contribution in [0.5, 0.6) is 5.75 Å². The van der Waals surface area contributed by atoms with Crippen LogP contribution in [0, 0.1) is 25.2 Å². The molecule has 41 heavy (non-hydrogen) atoms. The van der Waals surface area contributed by atoms with E-state index in [1.807, 2.05) is 6.07 Å². The number of carboxylic acids is 1. The predicted molar refractivity (Wildman–Crippen MR) is 150 cm³/mol. The lowest BCUT2D eigenvalue weighted by Crippen LogP contribution is -2.28. The Balaban J connectivity index is 1.53. The van der Waals surface area contributed by atoms with Crippen molar-refractivity contribution in [2.75, 3.05) is 6.61 Å². The fourth-order valence-corrected chi connectivity index (χ4v) is 5.78. The van der Waals surface area contributed by atoms with Gasteiger partial charge in [0.1, 0.15) is 29.9 Å². The molecule has 0 bridgehead atoms. The molecule has 0 fully saturated rings. The van der Waals surface area contributed by atoms with E-state index >= 15 is 0 Å². The summed E-state index contributed by atoms with van der Waals surface area (Å²) >= 11 is 7.55. The van der Waals surface area contributed by atoms with Crippen LogP contribution in [0.25, 0.3) is 32.2 Å². The number of carbonyl (C=O) groups is 1. The zero-order valence-corrected chi connectivity index (χ0v) is 23.4. The van der Waals surface area contributed by atoms with Crippen LogP contribution in [0.15, 0.2) is 40.6 Å². The van der Waals surface area contributed by atoms with Crippen molar-refractivity contribution in [3.05, 3.63) is 79.6 Å². The van der Waals surface area contributed by atoms with Crippen molar-refractivity contribution in [1.82, 2.24) is 19.5 Å². The Bertz CT molecular complexity index is 1980. The molecule has 0 amide bonds. The van der Waals surface area contributed by atoms with Crippen molar-refractivity contribution in [2.24, 2.45) is 0 Å². The third-order valence-corrected chi connectivity index (χ3v) is 7.64. The molecule has 4 aromatic heterocycles. The van der Waals surface area contributed by atoms with Gasteiger partial charge in [0.15, 0.2) is 0 Å². The molecular formula is C28H20ClF2N5O4S. The van der Waals surface area contributed by atoms with Crippen molar-refractivity contribution < 1.29 is 23.4 Å². The van der Waals surface area contributed by atoms with Crippen molar-refractivity contribution in [3.63, 3.8) is 0 Å². The van der Waals surface area contributed by atoms with Gasteiger partial charge in [0.25, 0.3) is 11.5 Å². The average molecular weight is 596 g/mol. The first-order valence-corrected chi connectivity index (χ1v) is 13.4. The Morgan fingerprint density at radius 3 is 2.68 bits per heavy atom. The van der Waals surface area contributed by atoms with E-state index in [4.69, 9.17) is 16.3 Å². The normalized spacial score (nSPS) is 11.6. The molecule has 0 atom stereocenters. The lowest BCUT2D eigenvalue weighted by Gasteiger charge is -2.16. The topological polar surface area (TPSA) is 131 Å². The van der Waals surface area contributed by atoms with Crippen molar-refractivity contribution >= 4 is 50.0 Å². The number of alkyl halides is 2. The van der Waals surface area contributed by atoms with Crippen LogP contribution in [0.2, 0.25) is 5.02 Å². The summed E-state index contributed by atoms with van der Waals surface area (Å²) in [5, 5.41) is 20.9. The third-order valence-electron chi connectivity index (χ3n) is 6.40. The number of carboxylic acid groups (broad SMARTS) is 1. The number of rotatable bonds is 7. The number of benzene rings is 1. The summed E-state index contributed by atoms with van der Waals surface area (Å²) in [5.74, 6) is -3.81. The summed E-state index contributed by atoms with van der Waals surface area (Å²) in [5.41, 5.74) is 0.400. The van der Waals surface area contributed by atoms with E-state index in [1.54, 1.807) is 38.1 Å². The Labute approximate surface area is 240 Å². The van der Waals surface area contributed by atoms with E-state index in [0.29, 0.717) is 44.7 Å². The van der Waals surface area contributed by atoms with Crippen molar-refractivity contribution in [3.8, 4) is 22.9 Å². The second-order valence-corrected chi connectivity index (χ2v) is 10.6. The molecule has 0 saturated heterocycles. The van der Waals surface area contributed by atoms with E-state index < -0.39 is 28.7 Å². The fourth-order valence-electron chi connectivity index (χ4n) is 4.60. The molecule has 0 saturated carbocycles. The molecule has 0 spiro atoms. The maximum absolute atomic E-state index is 14.1. The van der Waals surface area contributed by atoms with Gasteiger partial charge in [-0.2, -0.15) is 14.0 Å². The quantitative estimate of drug-likeness (QED) is 0.239. The summed E-state index contributed by atoms with van der Waals surface area (Å²) in [6.07, 6.45) is 1.07. The second-order valence-electron chi connectivity index (χ2n) is 9.29. The Morgan fingerprint density at radius 2 is 2.00 bits per heavy atom. The first-order valence-electron chi connectivity index (χ1n) is 12.1. The van der Waals surface area contributed by atoms with Gasteiger partial charge in [0, 0.05) is 34.1 Å². The fraction of sp³-hybridized carbons (Fsp3) is 0.214. The SMILES string of the molecule is Cc1cc(-c2cc(Cl)ccc2OCCn2c(C)nc3cnc(C(C)(F)F)c(C#N)c3c2=O)c2scc(C(=O)O)c2n1.